The Morgan fingerprint density at radius 1 is 1.17 bits per heavy atom. The van der Waals surface area contributed by atoms with Gasteiger partial charge in [0.25, 0.3) is 5.91 Å². The number of hydrogen-bond donors (Lipinski definition) is 1. The van der Waals surface area contributed by atoms with Gasteiger partial charge >= 0.3 is 0 Å². The number of halogens is 1. The number of hydrogen-bond acceptors (Lipinski definition) is 2. The van der Waals surface area contributed by atoms with Crippen LogP contribution in [-0.4, -0.2) is 12.2 Å². The van der Waals surface area contributed by atoms with Crippen molar-refractivity contribution >= 4 is 35.0 Å². The molecule has 18 heavy (non-hydrogen) atoms. The first-order valence-corrected chi connectivity index (χ1v) is 7.00. The van der Waals surface area contributed by atoms with Gasteiger partial charge in [-0.3, -0.25) is 4.79 Å². The van der Waals surface area contributed by atoms with Gasteiger partial charge in [-0.05, 0) is 42.7 Å². The Kier molecular flexibility index (Phi) is 4.28. The number of nitrogens with one attached hydrogen (secondary N) is 1. The number of amides is 1. The summed E-state index contributed by atoms with van der Waals surface area (Å²) in [7, 11) is 0. The molecule has 0 fully saturated rings. The van der Waals surface area contributed by atoms with Gasteiger partial charge in [-0.15, -0.1) is 11.8 Å². The monoisotopic (exact) mass is 277 g/mol. The Balaban J connectivity index is 2.16. The van der Waals surface area contributed by atoms with E-state index in [1.165, 1.54) is 0 Å². The fourth-order valence-corrected chi connectivity index (χ4v) is 2.18. The molecule has 4 heteroatoms. The molecule has 0 bridgehead atoms. The third-order valence-electron chi connectivity index (χ3n) is 2.41. The van der Waals surface area contributed by atoms with Crippen LogP contribution in [0, 0.1) is 0 Å². The van der Waals surface area contributed by atoms with E-state index in [9.17, 15) is 4.79 Å². The van der Waals surface area contributed by atoms with Crippen molar-refractivity contribution < 1.29 is 4.79 Å². The van der Waals surface area contributed by atoms with Crippen LogP contribution in [-0.2, 0) is 0 Å². The molecule has 0 aromatic heterocycles. The van der Waals surface area contributed by atoms with Gasteiger partial charge < -0.3 is 5.32 Å². The molecular weight excluding hydrogens is 266 g/mol. The molecule has 0 saturated heterocycles. The maximum absolute atomic E-state index is 12.0. The molecule has 0 saturated carbocycles. The highest BCUT2D eigenvalue weighted by Gasteiger charge is 2.06. The molecular formula is C14H12ClNOS. The van der Waals surface area contributed by atoms with Crippen LogP contribution in [0.3, 0.4) is 0 Å². The van der Waals surface area contributed by atoms with Crippen molar-refractivity contribution in [3.8, 4) is 0 Å². The number of rotatable bonds is 3. The fourth-order valence-electron chi connectivity index (χ4n) is 1.53. The van der Waals surface area contributed by atoms with Crippen LogP contribution in [0.25, 0.3) is 0 Å². The Morgan fingerprint density at radius 3 is 2.67 bits per heavy atom. The zero-order valence-corrected chi connectivity index (χ0v) is 11.4. The summed E-state index contributed by atoms with van der Waals surface area (Å²) >= 11 is 7.48. The van der Waals surface area contributed by atoms with Gasteiger partial charge in [-0.25, -0.2) is 0 Å². The molecule has 0 heterocycles. The molecule has 2 nitrogen and oxygen atoms in total. The molecule has 2 aromatic carbocycles. The highest BCUT2D eigenvalue weighted by molar-refractivity contribution is 7.98. The van der Waals surface area contributed by atoms with E-state index in [0.717, 1.165) is 4.90 Å². The summed E-state index contributed by atoms with van der Waals surface area (Å²) in [5.41, 5.74) is 1.34. The van der Waals surface area contributed by atoms with Gasteiger partial charge in [-0.1, -0.05) is 23.7 Å². The Labute approximate surface area is 115 Å². The minimum atomic E-state index is -0.131. The van der Waals surface area contributed by atoms with E-state index in [1.54, 1.807) is 36.0 Å². The Morgan fingerprint density at radius 2 is 1.94 bits per heavy atom. The van der Waals surface area contributed by atoms with Gasteiger partial charge in [0.15, 0.2) is 0 Å². The zero-order chi connectivity index (χ0) is 13.0. The van der Waals surface area contributed by atoms with Crippen LogP contribution >= 0.6 is 23.4 Å². The van der Waals surface area contributed by atoms with Crippen molar-refractivity contribution in [2.24, 2.45) is 0 Å². The van der Waals surface area contributed by atoms with E-state index >= 15 is 0 Å². The van der Waals surface area contributed by atoms with Crippen molar-refractivity contribution in [2.75, 3.05) is 11.6 Å². The molecule has 0 aliphatic heterocycles. The zero-order valence-electron chi connectivity index (χ0n) is 9.81. The van der Waals surface area contributed by atoms with Gasteiger partial charge in [0.1, 0.15) is 0 Å². The minimum Gasteiger partial charge on any atom is -0.322 e. The van der Waals surface area contributed by atoms with Crippen molar-refractivity contribution in [3.63, 3.8) is 0 Å². The van der Waals surface area contributed by atoms with E-state index in [1.807, 2.05) is 30.5 Å². The van der Waals surface area contributed by atoms with Crippen LogP contribution in [0.15, 0.2) is 53.4 Å². The van der Waals surface area contributed by atoms with Crippen molar-refractivity contribution in [1.82, 2.24) is 0 Å². The molecule has 0 spiro atoms. The summed E-state index contributed by atoms with van der Waals surface area (Å²) in [4.78, 5) is 13.1. The molecule has 0 aliphatic rings. The third-order valence-corrected chi connectivity index (χ3v) is 3.37. The van der Waals surface area contributed by atoms with Crippen molar-refractivity contribution in [3.05, 3.63) is 59.1 Å². The normalized spacial score (nSPS) is 10.1. The second-order valence-corrected chi connectivity index (χ2v) is 5.01. The lowest BCUT2D eigenvalue weighted by Gasteiger charge is -2.06. The molecule has 2 rings (SSSR count). The lowest BCUT2D eigenvalue weighted by atomic mass is 10.2. The lowest BCUT2D eigenvalue weighted by Crippen LogP contribution is -2.11. The van der Waals surface area contributed by atoms with E-state index in [0.29, 0.717) is 16.3 Å². The Hall–Kier alpha value is -1.45. The first-order valence-electron chi connectivity index (χ1n) is 5.40. The summed E-state index contributed by atoms with van der Waals surface area (Å²) in [5.74, 6) is -0.131. The predicted molar refractivity (Wildman–Crippen MR) is 77.6 cm³/mol. The maximum Gasteiger partial charge on any atom is 0.255 e. The summed E-state index contributed by atoms with van der Waals surface area (Å²) in [6.07, 6.45) is 1.98. The molecule has 92 valence electrons. The van der Waals surface area contributed by atoms with Crippen molar-refractivity contribution in [1.29, 1.82) is 0 Å². The minimum absolute atomic E-state index is 0.131. The summed E-state index contributed by atoms with van der Waals surface area (Å²) in [6, 6.07) is 14.6. The quantitative estimate of drug-likeness (QED) is 0.847. The first-order chi connectivity index (χ1) is 8.69. The maximum atomic E-state index is 12.0. The topological polar surface area (TPSA) is 29.1 Å². The van der Waals surface area contributed by atoms with E-state index in [-0.39, 0.29) is 5.91 Å². The molecule has 0 radical (unpaired) electrons. The van der Waals surface area contributed by atoms with Gasteiger partial charge in [-0.2, -0.15) is 0 Å². The highest BCUT2D eigenvalue weighted by Crippen LogP contribution is 2.18. The average molecular weight is 278 g/mol. The molecule has 0 unspecified atom stereocenters. The molecule has 2 aromatic rings. The summed E-state index contributed by atoms with van der Waals surface area (Å²) < 4.78 is 0. The average Bonchev–Trinajstić information content (AvgIpc) is 2.39. The van der Waals surface area contributed by atoms with E-state index in [2.05, 4.69) is 5.32 Å². The predicted octanol–water partition coefficient (Wildman–Crippen LogP) is 4.31. The Bertz CT molecular complexity index is 571. The lowest BCUT2D eigenvalue weighted by molar-refractivity contribution is 0.102. The fraction of sp³-hybridized carbons (Fsp3) is 0.0714. The molecule has 0 aliphatic carbocycles. The smallest absolute Gasteiger partial charge is 0.255 e. The largest absolute Gasteiger partial charge is 0.322 e. The van der Waals surface area contributed by atoms with Crippen molar-refractivity contribution in [2.45, 2.75) is 4.90 Å². The van der Waals surface area contributed by atoms with Gasteiger partial charge in [0.2, 0.25) is 0 Å². The molecule has 1 N–H and O–H groups in total. The second kappa shape index (κ2) is 5.94. The van der Waals surface area contributed by atoms with Gasteiger partial charge in [0.05, 0.1) is 0 Å². The van der Waals surface area contributed by atoms with Crippen LogP contribution in [0.5, 0.6) is 0 Å². The third kappa shape index (κ3) is 3.28. The van der Waals surface area contributed by atoms with Crippen LogP contribution in [0.1, 0.15) is 10.4 Å². The van der Waals surface area contributed by atoms with E-state index in [4.69, 9.17) is 11.6 Å². The van der Waals surface area contributed by atoms with Gasteiger partial charge in [0, 0.05) is 21.2 Å². The first kappa shape index (κ1) is 13.0. The number of thioether (sulfide) groups is 1. The summed E-state index contributed by atoms with van der Waals surface area (Å²) in [5, 5.41) is 3.42. The highest BCUT2D eigenvalue weighted by atomic mass is 35.5. The second-order valence-electron chi connectivity index (χ2n) is 3.70. The molecule has 0 atom stereocenters. The van der Waals surface area contributed by atoms with E-state index < -0.39 is 0 Å². The number of benzene rings is 2. The van der Waals surface area contributed by atoms with Crippen LogP contribution in [0.2, 0.25) is 5.02 Å². The molecule has 1 amide bonds. The number of anilines is 1. The SMILES string of the molecule is CSc1cccc(C(=O)Nc2cccc(Cl)c2)c1. The summed E-state index contributed by atoms with van der Waals surface area (Å²) in [6.45, 7) is 0. The van der Waals surface area contributed by atoms with Crippen LogP contribution in [0.4, 0.5) is 5.69 Å². The number of carbonyl (C=O) groups excluding carboxylic acids is 1. The number of carbonyl (C=O) groups is 1. The standard InChI is InChI=1S/C14H12ClNOS/c1-18-13-7-2-4-10(8-13)14(17)16-12-6-3-5-11(15)9-12/h2-9H,1H3,(H,16,17). The van der Waals surface area contributed by atoms with Crippen LogP contribution < -0.4 is 5.32 Å².